The van der Waals surface area contributed by atoms with Crippen LogP contribution in [0.25, 0.3) is 0 Å². The lowest BCUT2D eigenvalue weighted by molar-refractivity contribution is -0.116. The van der Waals surface area contributed by atoms with Crippen LogP contribution in [0.15, 0.2) is 18.2 Å². The summed E-state index contributed by atoms with van der Waals surface area (Å²) < 4.78 is 10.1. The minimum atomic E-state index is -0.612. The van der Waals surface area contributed by atoms with E-state index >= 15 is 0 Å². The van der Waals surface area contributed by atoms with E-state index in [4.69, 9.17) is 9.47 Å². The van der Waals surface area contributed by atoms with Gasteiger partial charge in [-0.1, -0.05) is 96.8 Å². The third kappa shape index (κ3) is 14.3. The highest BCUT2D eigenvalue weighted by Gasteiger charge is 2.20. The van der Waals surface area contributed by atoms with Crippen molar-refractivity contribution in [1.29, 1.82) is 0 Å². The summed E-state index contributed by atoms with van der Waals surface area (Å²) in [5.41, 5.74) is 0.702. The van der Waals surface area contributed by atoms with Crippen molar-refractivity contribution < 1.29 is 23.9 Å². The molecule has 0 radical (unpaired) electrons. The fraction of sp³-hybridized carbons (Fsp3) is 0.700. The van der Waals surface area contributed by atoms with Gasteiger partial charge in [-0.2, -0.15) is 0 Å². The van der Waals surface area contributed by atoms with Crippen molar-refractivity contribution in [2.24, 2.45) is 0 Å². The number of anilines is 1. The second kappa shape index (κ2) is 20.8. The fourth-order valence-electron chi connectivity index (χ4n) is 4.27. The standard InChI is InChI=1S/C30H49NO5/c1-4-7-8-9-10-11-12-13-14-15-16-17-18-19-20-21-28(32)31-25-22-23-26(29(33)35-5-2)27(24-25)30(34)36-6-3/h22-24H,4-21H2,1-3H3,(H,31,32). The molecule has 0 spiro atoms. The average molecular weight is 504 g/mol. The first-order valence-electron chi connectivity index (χ1n) is 14.3. The molecule has 6 heteroatoms. The Morgan fingerprint density at radius 3 is 1.53 bits per heavy atom. The smallest absolute Gasteiger partial charge is 0.339 e. The van der Waals surface area contributed by atoms with Crippen LogP contribution in [0.4, 0.5) is 5.69 Å². The lowest BCUT2D eigenvalue weighted by Gasteiger charge is -2.11. The number of esters is 2. The van der Waals surface area contributed by atoms with Crippen LogP contribution < -0.4 is 5.32 Å². The average Bonchev–Trinajstić information content (AvgIpc) is 2.86. The van der Waals surface area contributed by atoms with Crippen molar-refractivity contribution in [1.82, 2.24) is 0 Å². The molecule has 1 aromatic rings. The molecule has 0 aliphatic heterocycles. The predicted octanol–water partition coefficient (Wildman–Crippen LogP) is 8.24. The fourth-order valence-corrected chi connectivity index (χ4v) is 4.27. The normalized spacial score (nSPS) is 10.8. The van der Waals surface area contributed by atoms with Crippen molar-refractivity contribution in [2.75, 3.05) is 18.5 Å². The van der Waals surface area contributed by atoms with Gasteiger partial charge in [0.05, 0.1) is 24.3 Å². The van der Waals surface area contributed by atoms with Crippen LogP contribution in [0.1, 0.15) is 144 Å². The Balaban J connectivity index is 2.21. The van der Waals surface area contributed by atoms with Gasteiger partial charge in [0.1, 0.15) is 0 Å². The van der Waals surface area contributed by atoms with Crippen LogP contribution in [-0.2, 0) is 14.3 Å². The highest BCUT2D eigenvalue weighted by Crippen LogP contribution is 2.19. The number of ether oxygens (including phenoxy) is 2. The van der Waals surface area contributed by atoms with Gasteiger partial charge >= 0.3 is 11.9 Å². The highest BCUT2D eigenvalue weighted by atomic mass is 16.5. The number of rotatable bonds is 21. The molecule has 204 valence electrons. The SMILES string of the molecule is CCCCCCCCCCCCCCCCCC(=O)Nc1ccc(C(=O)OCC)c(C(=O)OCC)c1. The van der Waals surface area contributed by atoms with Crippen LogP contribution in [0.5, 0.6) is 0 Å². The Morgan fingerprint density at radius 2 is 1.06 bits per heavy atom. The molecule has 0 bridgehead atoms. The van der Waals surface area contributed by atoms with Gasteiger partial charge in [0.15, 0.2) is 0 Å². The van der Waals surface area contributed by atoms with Gasteiger partial charge in [0.25, 0.3) is 0 Å². The van der Waals surface area contributed by atoms with E-state index in [1.165, 1.54) is 89.2 Å². The van der Waals surface area contributed by atoms with E-state index in [0.29, 0.717) is 12.1 Å². The Hall–Kier alpha value is -2.37. The minimum absolute atomic E-state index is 0.0941. The van der Waals surface area contributed by atoms with Gasteiger partial charge < -0.3 is 14.8 Å². The number of nitrogens with one attached hydrogen (secondary N) is 1. The molecule has 0 heterocycles. The lowest BCUT2D eigenvalue weighted by Crippen LogP contribution is -2.16. The molecule has 1 N–H and O–H groups in total. The summed E-state index contributed by atoms with van der Waals surface area (Å²) in [7, 11) is 0. The molecule has 0 atom stereocenters. The summed E-state index contributed by atoms with van der Waals surface area (Å²) in [5, 5.41) is 2.83. The topological polar surface area (TPSA) is 81.7 Å². The van der Waals surface area contributed by atoms with Gasteiger partial charge in [-0.05, 0) is 38.5 Å². The summed E-state index contributed by atoms with van der Waals surface area (Å²) in [6, 6.07) is 4.58. The van der Waals surface area contributed by atoms with Crippen molar-refractivity contribution >= 4 is 23.5 Å². The summed E-state index contributed by atoms with van der Waals surface area (Å²) in [6.07, 6.45) is 19.7. The molecule has 0 aliphatic carbocycles. The Labute approximate surface area is 218 Å². The molecule has 0 fully saturated rings. The summed E-state index contributed by atoms with van der Waals surface area (Å²) in [5.74, 6) is -1.29. The molecule has 1 aromatic carbocycles. The molecule has 36 heavy (non-hydrogen) atoms. The van der Waals surface area contributed by atoms with E-state index in [1.54, 1.807) is 19.9 Å². The first kappa shape index (κ1) is 31.7. The van der Waals surface area contributed by atoms with Gasteiger partial charge in [-0.25, -0.2) is 9.59 Å². The van der Waals surface area contributed by atoms with Crippen LogP contribution in [0.3, 0.4) is 0 Å². The monoisotopic (exact) mass is 503 g/mol. The number of hydrogen-bond acceptors (Lipinski definition) is 5. The Bertz CT molecular complexity index is 762. The number of benzene rings is 1. The van der Waals surface area contributed by atoms with Crippen molar-refractivity contribution in [3.05, 3.63) is 29.3 Å². The zero-order valence-corrected chi connectivity index (χ0v) is 23.0. The highest BCUT2D eigenvalue weighted by molar-refractivity contribution is 6.04. The molecule has 1 rings (SSSR count). The molecule has 0 aliphatic rings. The number of carbonyl (C=O) groups is 3. The Morgan fingerprint density at radius 1 is 0.611 bits per heavy atom. The summed E-state index contributed by atoms with van der Waals surface area (Å²) >= 11 is 0. The maximum atomic E-state index is 12.4. The van der Waals surface area contributed by atoms with E-state index in [-0.39, 0.29) is 30.2 Å². The van der Waals surface area contributed by atoms with E-state index in [2.05, 4.69) is 12.2 Å². The quantitative estimate of drug-likeness (QED) is 0.135. The van der Waals surface area contributed by atoms with E-state index in [1.807, 2.05) is 0 Å². The van der Waals surface area contributed by atoms with Gasteiger partial charge in [-0.3, -0.25) is 4.79 Å². The maximum absolute atomic E-state index is 12.4. The summed E-state index contributed by atoms with van der Waals surface area (Å²) in [6.45, 7) is 6.06. The minimum Gasteiger partial charge on any atom is -0.462 e. The zero-order chi connectivity index (χ0) is 26.4. The van der Waals surface area contributed by atoms with Gasteiger partial charge in [0, 0.05) is 12.1 Å². The predicted molar refractivity (Wildman–Crippen MR) is 147 cm³/mol. The van der Waals surface area contributed by atoms with Gasteiger partial charge in [-0.15, -0.1) is 0 Å². The number of unbranched alkanes of at least 4 members (excludes halogenated alkanes) is 14. The molecule has 0 saturated heterocycles. The van der Waals surface area contributed by atoms with Gasteiger partial charge in [0.2, 0.25) is 5.91 Å². The third-order valence-corrected chi connectivity index (χ3v) is 6.30. The Kier molecular flexibility index (Phi) is 18.3. The zero-order valence-electron chi connectivity index (χ0n) is 23.0. The van der Waals surface area contributed by atoms with Crippen LogP contribution in [0, 0.1) is 0 Å². The second-order valence-electron chi connectivity index (χ2n) is 9.45. The maximum Gasteiger partial charge on any atom is 0.339 e. The van der Waals surface area contributed by atoms with E-state index in [9.17, 15) is 14.4 Å². The molecule has 0 saturated carbocycles. The van der Waals surface area contributed by atoms with Crippen LogP contribution in [0.2, 0.25) is 0 Å². The van der Waals surface area contributed by atoms with E-state index in [0.717, 1.165) is 19.3 Å². The lowest BCUT2D eigenvalue weighted by atomic mass is 10.0. The number of hydrogen-bond donors (Lipinski definition) is 1. The first-order chi connectivity index (χ1) is 17.5. The molecular weight excluding hydrogens is 454 g/mol. The molecule has 6 nitrogen and oxygen atoms in total. The van der Waals surface area contributed by atoms with Crippen molar-refractivity contribution in [3.8, 4) is 0 Å². The molecule has 0 aromatic heterocycles. The van der Waals surface area contributed by atoms with E-state index < -0.39 is 11.9 Å². The number of amides is 1. The number of carbonyl (C=O) groups excluding carboxylic acids is 3. The molecule has 1 amide bonds. The molecular formula is C30H49NO5. The van der Waals surface area contributed by atoms with Crippen molar-refractivity contribution in [3.63, 3.8) is 0 Å². The third-order valence-electron chi connectivity index (χ3n) is 6.30. The van der Waals surface area contributed by atoms with Crippen LogP contribution in [-0.4, -0.2) is 31.1 Å². The molecule has 0 unspecified atom stereocenters. The van der Waals surface area contributed by atoms with Crippen LogP contribution >= 0.6 is 0 Å². The first-order valence-corrected chi connectivity index (χ1v) is 14.3. The largest absolute Gasteiger partial charge is 0.462 e. The second-order valence-corrected chi connectivity index (χ2v) is 9.45. The van der Waals surface area contributed by atoms with Crippen molar-refractivity contribution in [2.45, 2.75) is 124 Å². The summed E-state index contributed by atoms with van der Waals surface area (Å²) in [4.78, 5) is 36.8.